The van der Waals surface area contributed by atoms with E-state index in [-0.39, 0.29) is 5.76 Å². The number of aryl methyl sites for hydroxylation is 2. The second-order valence-corrected chi connectivity index (χ2v) is 7.23. The largest absolute Gasteiger partial charge is 0.451 e. The van der Waals surface area contributed by atoms with Crippen LogP contribution in [0.2, 0.25) is 10.2 Å². The van der Waals surface area contributed by atoms with E-state index in [1.807, 2.05) is 43.3 Å². The smallest absolute Gasteiger partial charge is 0.307 e. The highest BCUT2D eigenvalue weighted by Gasteiger charge is 2.17. The number of hydrogen-bond acceptors (Lipinski definition) is 4. The summed E-state index contributed by atoms with van der Waals surface area (Å²) in [5, 5.41) is 10.3. The van der Waals surface area contributed by atoms with Crippen molar-refractivity contribution in [2.45, 2.75) is 13.8 Å². The van der Waals surface area contributed by atoms with E-state index in [0.29, 0.717) is 27.0 Å². The topological polar surface area (TPSA) is 72.4 Å². The van der Waals surface area contributed by atoms with Gasteiger partial charge in [0.2, 0.25) is 0 Å². The van der Waals surface area contributed by atoms with Crippen molar-refractivity contribution < 1.29 is 9.21 Å². The van der Waals surface area contributed by atoms with Gasteiger partial charge in [-0.2, -0.15) is 10.2 Å². The normalized spacial score (nSPS) is 11.4. The average Bonchev–Trinajstić information content (AvgIpc) is 3.19. The van der Waals surface area contributed by atoms with Gasteiger partial charge in [0.25, 0.3) is 0 Å². The molecular formula is C21H16Cl2N4O2. The highest BCUT2D eigenvalue weighted by molar-refractivity contribution is 6.32. The van der Waals surface area contributed by atoms with Crippen LogP contribution >= 0.6 is 23.2 Å². The van der Waals surface area contributed by atoms with Gasteiger partial charge in [-0.1, -0.05) is 47.5 Å². The minimum Gasteiger partial charge on any atom is -0.451 e. The predicted molar refractivity (Wildman–Crippen MR) is 114 cm³/mol. The average molecular weight is 427 g/mol. The number of furan rings is 1. The van der Waals surface area contributed by atoms with Crippen molar-refractivity contribution in [2.24, 2.45) is 5.10 Å². The molecule has 146 valence electrons. The molecule has 0 aliphatic heterocycles. The molecule has 2 heterocycles. The summed E-state index contributed by atoms with van der Waals surface area (Å²) in [5.74, 6) is -0.216. The molecule has 1 amide bonds. The zero-order valence-electron chi connectivity index (χ0n) is 15.6. The van der Waals surface area contributed by atoms with E-state index in [0.717, 1.165) is 16.6 Å². The fourth-order valence-corrected chi connectivity index (χ4v) is 3.54. The van der Waals surface area contributed by atoms with Gasteiger partial charge >= 0.3 is 5.91 Å². The van der Waals surface area contributed by atoms with Crippen molar-refractivity contribution in [2.75, 3.05) is 0 Å². The number of carbonyl (C=O) groups excluding carboxylic acids is 1. The molecule has 0 spiro atoms. The molecular weight excluding hydrogens is 411 g/mol. The lowest BCUT2D eigenvalue weighted by molar-refractivity contribution is 0.0929. The maximum absolute atomic E-state index is 12.5. The number of benzene rings is 2. The Morgan fingerprint density at radius 2 is 1.97 bits per heavy atom. The van der Waals surface area contributed by atoms with Gasteiger partial charge in [-0.05, 0) is 38.1 Å². The highest BCUT2D eigenvalue weighted by Crippen LogP contribution is 2.25. The molecule has 0 atom stereocenters. The predicted octanol–water partition coefficient (Wildman–Crippen LogP) is 5.31. The number of nitrogens with one attached hydrogen (secondary N) is 1. The van der Waals surface area contributed by atoms with Crippen molar-refractivity contribution in [3.05, 3.63) is 81.3 Å². The molecule has 0 unspecified atom stereocenters. The number of nitrogens with zero attached hydrogens (tertiary/aromatic N) is 3. The van der Waals surface area contributed by atoms with Crippen molar-refractivity contribution in [1.29, 1.82) is 0 Å². The van der Waals surface area contributed by atoms with Gasteiger partial charge in [-0.3, -0.25) is 4.79 Å². The lowest BCUT2D eigenvalue weighted by Crippen LogP contribution is -2.17. The van der Waals surface area contributed by atoms with Crippen LogP contribution in [-0.2, 0) is 0 Å². The molecule has 0 radical (unpaired) electrons. The van der Waals surface area contributed by atoms with Crippen LogP contribution < -0.4 is 5.43 Å². The Bertz CT molecular complexity index is 1260. The van der Waals surface area contributed by atoms with Crippen LogP contribution in [0.4, 0.5) is 0 Å². The maximum Gasteiger partial charge on any atom is 0.307 e. The first-order chi connectivity index (χ1) is 14.0. The van der Waals surface area contributed by atoms with Gasteiger partial charge in [-0.15, -0.1) is 0 Å². The monoisotopic (exact) mass is 426 g/mol. The zero-order valence-corrected chi connectivity index (χ0v) is 17.1. The van der Waals surface area contributed by atoms with Gasteiger partial charge < -0.3 is 4.42 Å². The van der Waals surface area contributed by atoms with Crippen LogP contribution in [0.5, 0.6) is 0 Å². The van der Waals surface area contributed by atoms with Gasteiger partial charge in [0.1, 0.15) is 10.7 Å². The molecule has 2 aromatic heterocycles. The van der Waals surface area contributed by atoms with E-state index in [4.69, 9.17) is 27.6 Å². The summed E-state index contributed by atoms with van der Waals surface area (Å²) in [4.78, 5) is 12.5. The quantitative estimate of drug-likeness (QED) is 0.355. The molecule has 0 aliphatic carbocycles. The second-order valence-electron chi connectivity index (χ2n) is 6.43. The molecule has 4 rings (SSSR count). The number of rotatable bonds is 4. The number of para-hydroxylation sites is 1. The van der Waals surface area contributed by atoms with Crippen LogP contribution in [0.25, 0.3) is 16.7 Å². The standard InChI is InChI=1S/C21H16Cl2N4O2/c1-12-16-8-3-4-9-18(16)29-19(12)21(28)25-24-11-17-13(2)26-27(20(17)23)15-7-5-6-14(22)10-15/h3-11H,1-2H3,(H,25,28). The van der Waals surface area contributed by atoms with Crippen LogP contribution in [-0.4, -0.2) is 21.9 Å². The zero-order chi connectivity index (χ0) is 20.5. The Kier molecular flexibility index (Phi) is 5.13. The fraction of sp³-hybridized carbons (Fsp3) is 0.0952. The Hall–Kier alpha value is -3.09. The van der Waals surface area contributed by atoms with E-state index < -0.39 is 5.91 Å². The van der Waals surface area contributed by atoms with Crippen molar-refractivity contribution >= 4 is 46.3 Å². The number of hydrogen-bond donors (Lipinski definition) is 1. The third-order valence-electron chi connectivity index (χ3n) is 4.51. The van der Waals surface area contributed by atoms with Crippen molar-refractivity contribution in [3.63, 3.8) is 0 Å². The first-order valence-corrected chi connectivity index (χ1v) is 9.54. The first-order valence-electron chi connectivity index (χ1n) is 8.78. The molecule has 0 fully saturated rings. The molecule has 6 nitrogen and oxygen atoms in total. The first kappa shape index (κ1) is 19.2. The van der Waals surface area contributed by atoms with E-state index in [2.05, 4.69) is 15.6 Å². The van der Waals surface area contributed by atoms with Gasteiger partial charge in [-0.25, -0.2) is 10.1 Å². The minimum absolute atomic E-state index is 0.223. The van der Waals surface area contributed by atoms with Gasteiger partial charge in [0, 0.05) is 16.0 Å². The molecule has 8 heteroatoms. The number of hydrazone groups is 1. The Labute approximate surface area is 176 Å². The number of halogens is 2. The molecule has 4 aromatic rings. The van der Waals surface area contributed by atoms with E-state index in [1.165, 1.54) is 6.21 Å². The summed E-state index contributed by atoms with van der Waals surface area (Å²) in [6.07, 6.45) is 1.46. The third-order valence-corrected chi connectivity index (χ3v) is 5.11. The molecule has 29 heavy (non-hydrogen) atoms. The Morgan fingerprint density at radius 1 is 1.17 bits per heavy atom. The van der Waals surface area contributed by atoms with Crippen LogP contribution in [0.1, 0.15) is 27.4 Å². The lowest BCUT2D eigenvalue weighted by Gasteiger charge is -2.03. The summed E-state index contributed by atoms with van der Waals surface area (Å²) in [7, 11) is 0. The Morgan fingerprint density at radius 3 is 2.72 bits per heavy atom. The lowest BCUT2D eigenvalue weighted by atomic mass is 10.1. The molecule has 0 saturated carbocycles. The maximum atomic E-state index is 12.5. The summed E-state index contributed by atoms with van der Waals surface area (Å²) in [5.41, 5.74) is 5.88. The van der Waals surface area contributed by atoms with Crippen LogP contribution in [0, 0.1) is 13.8 Å². The van der Waals surface area contributed by atoms with Crippen LogP contribution in [0.15, 0.2) is 58.0 Å². The number of amides is 1. The van der Waals surface area contributed by atoms with Crippen molar-refractivity contribution in [3.8, 4) is 5.69 Å². The van der Waals surface area contributed by atoms with Gasteiger partial charge in [0.05, 0.1) is 23.2 Å². The Balaban J connectivity index is 1.56. The minimum atomic E-state index is -0.439. The van der Waals surface area contributed by atoms with Crippen molar-refractivity contribution in [1.82, 2.24) is 15.2 Å². The number of fused-ring (bicyclic) bond motifs is 1. The summed E-state index contributed by atoms with van der Waals surface area (Å²) >= 11 is 12.5. The number of carbonyl (C=O) groups is 1. The molecule has 0 aliphatic rings. The van der Waals surface area contributed by atoms with E-state index in [1.54, 1.807) is 23.7 Å². The molecule has 1 N–H and O–H groups in total. The SMILES string of the molecule is Cc1nn(-c2cccc(Cl)c2)c(Cl)c1C=NNC(=O)c1oc2ccccc2c1C. The summed E-state index contributed by atoms with van der Waals surface area (Å²) in [6, 6.07) is 14.7. The molecule has 0 saturated heterocycles. The second kappa shape index (κ2) is 7.73. The van der Waals surface area contributed by atoms with E-state index in [9.17, 15) is 4.79 Å². The number of aromatic nitrogens is 2. The van der Waals surface area contributed by atoms with Gasteiger partial charge in [0.15, 0.2) is 5.76 Å². The van der Waals surface area contributed by atoms with Crippen LogP contribution in [0.3, 0.4) is 0 Å². The van der Waals surface area contributed by atoms with E-state index >= 15 is 0 Å². The molecule has 0 bridgehead atoms. The fourth-order valence-electron chi connectivity index (χ4n) is 3.03. The third kappa shape index (κ3) is 3.64. The molecule has 2 aromatic carbocycles. The summed E-state index contributed by atoms with van der Waals surface area (Å²) < 4.78 is 7.21. The summed E-state index contributed by atoms with van der Waals surface area (Å²) in [6.45, 7) is 3.64. The highest BCUT2D eigenvalue weighted by atomic mass is 35.5.